The summed E-state index contributed by atoms with van der Waals surface area (Å²) < 4.78 is 0. The predicted molar refractivity (Wildman–Crippen MR) is 124 cm³/mol. The van der Waals surface area contributed by atoms with Crippen LogP contribution >= 0.6 is 0 Å². The highest BCUT2D eigenvalue weighted by Crippen LogP contribution is 2.45. The summed E-state index contributed by atoms with van der Waals surface area (Å²) >= 11 is 0. The second-order valence-corrected chi connectivity index (χ2v) is 7.03. The average molecular weight is 368 g/mol. The lowest BCUT2D eigenvalue weighted by molar-refractivity contribution is 1.16. The molecule has 0 fully saturated rings. The zero-order valence-electron chi connectivity index (χ0n) is 17.6. The molecule has 4 rings (SSSR count). The zero-order chi connectivity index (χ0) is 20.4. The summed E-state index contributed by atoms with van der Waals surface area (Å²) in [5.74, 6) is 0. The lowest BCUT2D eigenvalue weighted by atomic mass is 9.86. The van der Waals surface area contributed by atoms with Gasteiger partial charge in [-0.2, -0.15) is 0 Å². The van der Waals surface area contributed by atoms with E-state index in [0.717, 1.165) is 11.1 Å². The van der Waals surface area contributed by atoms with Crippen molar-refractivity contribution < 1.29 is 0 Å². The molecule has 0 N–H and O–H groups in total. The van der Waals surface area contributed by atoms with E-state index in [1.165, 1.54) is 44.8 Å². The van der Waals surface area contributed by atoms with Crippen LogP contribution in [0.25, 0.3) is 11.1 Å². The number of aryl methyl sites for hydroxylation is 2. The molecule has 0 amide bonds. The van der Waals surface area contributed by atoms with Gasteiger partial charge >= 0.3 is 0 Å². The minimum atomic E-state index is 1.07. The normalized spacial score (nSPS) is 11.9. The van der Waals surface area contributed by atoms with E-state index in [4.69, 9.17) is 0 Å². The Morgan fingerprint density at radius 1 is 0.750 bits per heavy atom. The molecule has 1 heteroatoms. The van der Waals surface area contributed by atoms with Gasteiger partial charge in [-0.05, 0) is 65.4 Å². The quantitative estimate of drug-likeness (QED) is 0.452. The van der Waals surface area contributed by atoms with Crippen LogP contribution in [0.2, 0.25) is 0 Å². The summed E-state index contributed by atoms with van der Waals surface area (Å²) in [5.41, 5.74) is 11.8. The van der Waals surface area contributed by atoms with Gasteiger partial charge in [-0.1, -0.05) is 69.5 Å². The standard InChI is InChI=1S/C25H23N.C2H6/c1-16-10-6-7-11-20(16)18(3)22-15-25-23(14-17(22)2)19(4)21-12-8-9-13-24(21)26(25)5;1-2/h6-15H,3-4H2,1-2,5H3;1-2H3. The Morgan fingerprint density at radius 2 is 1.39 bits per heavy atom. The molecule has 3 aromatic rings. The van der Waals surface area contributed by atoms with Crippen LogP contribution in [0.3, 0.4) is 0 Å². The third-order valence-corrected chi connectivity index (χ3v) is 5.41. The molecule has 1 aliphatic rings. The van der Waals surface area contributed by atoms with Crippen molar-refractivity contribution >= 4 is 22.5 Å². The fourth-order valence-electron chi connectivity index (χ4n) is 3.89. The van der Waals surface area contributed by atoms with Crippen molar-refractivity contribution in [3.05, 3.63) is 107 Å². The molecule has 0 unspecified atom stereocenters. The molecule has 1 heterocycles. The first kappa shape index (κ1) is 19.7. The molecule has 1 aliphatic heterocycles. The lowest BCUT2D eigenvalue weighted by Gasteiger charge is -2.32. The Labute approximate surface area is 169 Å². The topological polar surface area (TPSA) is 3.24 Å². The molecular weight excluding hydrogens is 338 g/mol. The van der Waals surface area contributed by atoms with E-state index in [0.29, 0.717) is 0 Å². The van der Waals surface area contributed by atoms with E-state index in [2.05, 4.69) is 99.6 Å². The largest absolute Gasteiger partial charge is 0.344 e. The third kappa shape index (κ3) is 3.18. The Hall–Kier alpha value is -3.06. The molecule has 0 atom stereocenters. The fourth-order valence-corrected chi connectivity index (χ4v) is 3.89. The van der Waals surface area contributed by atoms with Crippen LogP contribution in [0.5, 0.6) is 0 Å². The van der Waals surface area contributed by atoms with Crippen molar-refractivity contribution in [2.45, 2.75) is 27.7 Å². The van der Waals surface area contributed by atoms with Crippen LogP contribution < -0.4 is 4.90 Å². The Balaban J connectivity index is 0.00000109. The van der Waals surface area contributed by atoms with Crippen LogP contribution in [0.1, 0.15) is 47.2 Å². The number of benzene rings is 3. The van der Waals surface area contributed by atoms with E-state index in [1.54, 1.807) is 0 Å². The average Bonchev–Trinajstić information content (AvgIpc) is 2.73. The van der Waals surface area contributed by atoms with E-state index >= 15 is 0 Å². The maximum absolute atomic E-state index is 4.41. The van der Waals surface area contributed by atoms with Gasteiger partial charge in [-0.25, -0.2) is 0 Å². The van der Waals surface area contributed by atoms with Crippen molar-refractivity contribution in [2.75, 3.05) is 11.9 Å². The van der Waals surface area contributed by atoms with Gasteiger partial charge in [0.25, 0.3) is 0 Å². The van der Waals surface area contributed by atoms with Crippen LogP contribution in [0.4, 0.5) is 11.4 Å². The zero-order valence-corrected chi connectivity index (χ0v) is 17.6. The smallest absolute Gasteiger partial charge is 0.0494 e. The van der Waals surface area contributed by atoms with Crippen molar-refractivity contribution in [1.82, 2.24) is 0 Å². The van der Waals surface area contributed by atoms with Crippen LogP contribution in [-0.4, -0.2) is 7.05 Å². The van der Waals surface area contributed by atoms with Crippen LogP contribution in [-0.2, 0) is 0 Å². The summed E-state index contributed by atoms with van der Waals surface area (Å²) in [5, 5.41) is 0. The Bertz CT molecular complexity index is 1060. The van der Waals surface area contributed by atoms with Gasteiger partial charge in [0.1, 0.15) is 0 Å². The van der Waals surface area contributed by atoms with Crippen LogP contribution in [0.15, 0.2) is 73.8 Å². The first-order valence-electron chi connectivity index (χ1n) is 9.91. The number of hydrogen-bond donors (Lipinski definition) is 0. The predicted octanol–water partition coefficient (Wildman–Crippen LogP) is 7.53. The highest BCUT2D eigenvalue weighted by atomic mass is 15.1. The summed E-state index contributed by atoms with van der Waals surface area (Å²) in [6.07, 6.45) is 0. The maximum atomic E-state index is 4.41. The molecule has 0 bridgehead atoms. The highest BCUT2D eigenvalue weighted by Gasteiger charge is 2.24. The summed E-state index contributed by atoms with van der Waals surface area (Å²) in [4.78, 5) is 2.26. The molecule has 0 radical (unpaired) electrons. The van der Waals surface area contributed by atoms with Gasteiger partial charge in [0.2, 0.25) is 0 Å². The Morgan fingerprint density at radius 3 is 2.11 bits per heavy atom. The highest BCUT2D eigenvalue weighted by molar-refractivity contribution is 5.98. The van der Waals surface area contributed by atoms with E-state index < -0.39 is 0 Å². The molecule has 0 aliphatic carbocycles. The number of anilines is 2. The summed E-state index contributed by atoms with van der Waals surface area (Å²) in [6.45, 7) is 17.1. The van der Waals surface area contributed by atoms with Gasteiger partial charge in [0, 0.05) is 29.5 Å². The molecule has 28 heavy (non-hydrogen) atoms. The van der Waals surface area contributed by atoms with Crippen molar-refractivity contribution in [2.24, 2.45) is 0 Å². The molecule has 0 saturated heterocycles. The van der Waals surface area contributed by atoms with Gasteiger partial charge in [-0.3, -0.25) is 0 Å². The van der Waals surface area contributed by atoms with Gasteiger partial charge < -0.3 is 4.90 Å². The van der Waals surface area contributed by atoms with Crippen molar-refractivity contribution in [3.63, 3.8) is 0 Å². The Kier molecular flexibility index (Phi) is 5.56. The maximum Gasteiger partial charge on any atom is 0.0494 e. The molecule has 1 nitrogen and oxygen atoms in total. The second kappa shape index (κ2) is 7.90. The van der Waals surface area contributed by atoms with Gasteiger partial charge in [0.15, 0.2) is 0 Å². The number of hydrogen-bond acceptors (Lipinski definition) is 1. The number of para-hydroxylation sites is 1. The van der Waals surface area contributed by atoms with Crippen molar-refractivity contribution in [1.29, 1.82) is 0 Å². The minimum Gasteiger partial charge on any atom is -0.344 e. The van der Waals surface area contributed by atoms with Gasteiger partial charge in [0.05, 0.1) is 0 Å². The van der Waals surface area contributed by atoms with Crippen molar-refractivity contribution in [3.8, 4) is 0 Å². The summed E-state index contributed by atoms with van der Waals surface area (Å²) in [6, 6.07) is 21.4. The molecule has 3 aromatic carbocycles. The minimum absolute atomic E-state index is 1.07. The third-order valence-electron chi connectivity index (χ3n) is 5.41. The van der Waals surface area contributed by atoms with E-state index in [-0.39, 0.29) is 0 Å². The molecular formula is C27H29N. The monoisotopic (exact) mass is 367 g/mol. The number of fused-ring (bicyclic) bond motifs is 2. The molecule has 0 saturated carbocycles. The first-order chi connectivity index (χ1) is 13.5. The number of nitrogens with zero attached hydrogens (tertiary/aromatic N) is 1. The fraction of sp³-hybridized carbons (Fsp3) is 0.185. The van der Waals surface area contributed by atoms with E-state index in [9.17, 15) is 0 Å². The number of rotatable bonds is 2. The molecule has 142 valence electrons. The molecule has 0 spiro atoms. The molecule has 0 aromatic heterocycles. The van der Waals surface area contributed by atoms with E-state index in [1.807, 2.05) is 13.8 Å². The first-order valence-corrected chi connectivity index (χ1v) is 9.91. The lowest BCUT2D eigenvalue weighted by Crippen LogP contribution is -2.18. The van der Waals surface area contributed by atoms with Gasteiger partial charge in [-0.15, -0.1) is 0 Å². The van der Waals surface area contributed by atoms with Crippen LogP contribution in [0, 0.1) is 13.8 Å². The second-order valence-electron chi connectivity index (χ2n) is 7.03. The SMILES string of the molecule is C=C(c1ccccc1C)c1cc2c(cc1C)C(=C)c1ccccc1N2C.CC. The summed E-state index contributed by atoms with van der Waals surface area (Å²) in [7, 11) is 2.12.